The lowest BCUT2D eigenvalue weighted by Gasteiger charge is -2.14. The number of anilines is 1. The van der Waals surface area contributed by atoms with E-state index < -0.39 is 22.6 Å². The van der Waals surface area contributed by atoms with E-state index in [1.54, 1.807) is 13.0 Å². The lowest BCUT2D eigenvalue weighted by atomic mass is 10.2. The van der Waals surface area contributed by atoms with Crippen molar-refractivity contribution >= 4 is 41.0 Å². The van der Waals surface area contributed by atoms with Crippen LogP contribution in [0.3, 0.4) is 0 Å². The third-order valence-electron chi connectivity index (χ3n) is 4.51. The number of amides is 2. The number of nitro groups is 1. The minimum atomic E-state index is -0.641. The maximum Gasteiger partial charge on any atom is 0.271 e. The fraction of sp³-hybridized carbons (Fsp3) is 0.125. The number of nitro benzene ring substituents is 1. The highest BCUT2D eigenvalue weighted by molar-refractivity contribution is 6.32. The molecule has 3 aromatic rings. The van der Waals surface area contributed by atoms with Crippen molar-refractivity contribution in [2.75, 3.05) is 18.5 Å². The standard InChI is InChI=1S/C24H20ClFN4O6/c1-2-35-21-11-15(13-27-29-24(32)16-4-3-5-19(12-16)30(33)34)10-20(25)23(21)36-14-22(31)28-18-8-6-17(26)7-9-18/h3-13H,2,14H2,1H3,(H,28,31)(H,29,32)/b27-13+. The Balaban J connectivity index is 1.66. The van der Waals surface area contributed by atoms with Crippen LogP contribution in [0.5, 0.6) is 11.5 Å². The molecule has 3 rings (SSSR count). The van der Waals surface area contributed by atoms with E-state index in [9.17, 15) is 24.1 Å². The second-order valence-corrected chi connectivity index (χ2v) is 7.52. The number of carbonyl (C=O) groups excluding carboxylic acids is 2. The van der Waals surface area contributed by atoms with Gasteiger partial charge in [0.1, 0.15) is 5.82 Å². The first-order valence-electron chi connectivity index (χ1n) is 10.5. The summed E-state index contributed by atoms with van der Waals surface area (Å²) in [5.41, 5.74) is 2.98. The quantitative estimate of drug-likeness (QED) is 0.231. The Kier molecular flexibility index (Phi) is 8.89. The molecule has 0 saturated heterocycles. The largest absolute Gasteiger partial charge is 0.490 e. The van der Waals surface area contributed by atoms with Gasteiger partial charge >= 0.3 is 0 Å². The molecule has 36 heavy (non-hydrogen) atoms. The molecule has 2 N–H and O–H groups in total. The van der Waals surface area contributed by atoms with Crippen LogP contribution in [0.1, 0.15) is 22.8 Å². The van der Waals surface area contributed by atoms with Gasteiger partial charge < -0.3 is 14.8 Å². The molecule has 10 nitrogen and oxygen atoms in total. The predicted octanol–water partition coefficient (Wildman–Crippen LogP) is 4.57. The molecule has 0 bridgehead atoms. The van der Waals surface area contributed by atoms with Crippen LogP contribution in [0, 0.1) is 15.9 Å². The van der Waals surface area contributed by atoms with Crippen molar-refractivity contribution in [1.29, 1.82) is 0 Å². The highest BCUT2D eigenvalue weighted by Crippen LogP contribution is 2.36. The van der Waals surface area contributed by atoms with Crippen LogP contribution in [0.2, 0.25) is 5.02 Å². The molecular formula is C24H20ClFN4O6. The van der Waals surface area contributed by atoms with Gasteiger partial charge in [-0.05, 0) is 55.0 Å². The fourth-order valence-corrected chi connectivity index (χ4v) is 3.20. The summed E-state index contributed by atoms with van der Waals surface area (Å²) in [6.07, 6.45) is 1.30. The number of carbonyl (C=O) groups is 2. The molecule has 0 unspecified atom stereocenters. The summed E-state index contributed by atoms with van der Waals surface area (Å²) >= 11 is 6.32. The molecule has 0 saturated carbocycles. The first-order valence-corrected chi connectivity index (χ1v) is 10.9. The summed E-state index contributed by atoms with van der Waals surface area (Å²) in [6, 6.07) is 13.5. The maximum absolute atomic E-state index is 13.0. The van der Waals surface area contributed by atoms with Crippen LogP contribution < -0.4 is 20.2 Å². The number of hydrogen-bond acceptors (Lipinski definition) is 7. The number of rotatable bonds is 10. The first kappa shape index (κ1) is 26.1. The van der Waals surface area contributed by atoms with Crippen LogP contribution in [0.25, 0.3) is 0 Å². The van der Waals surface area contributed by atoms with Gasteiger partial charge in [-0.15, -0.1) is 0 Å². The second kappa shape index (κ2) is 12.3. The molecule has 0 heterocycles. The Morgan fingerprint density at radius 2 is 1.89 bits per heavy atom. The Morgan fingerprint density at radius 3 is 2.58 bits per heavy atom. The zero-order chi connectivity index (χ0) is 26.1. The highest BCUT2D eigenvalue weighted by Gasteiger charge is 2.15. The van der Waals surface area contributed by atoms with Gasteiger partial charge in [0.2, 0.25) is 0 Å². The number of nitrogens with one attached hydrogen (secondary N) is 2. The lowest BCUT2D eigenvalue weighted by molar-refractivity contribution is -0.384. The average Bonchev–Trinajstić information content (AvgIpc) is 2.85. The molecule has 186 valence electrons. The molecule has 0 atom stereocenters. The van der Waals surface area contributed by atoms with Gasteiger partial charge in [-0.3, -0.25) is 19.7 Å². The summed E-state index contributed by atoms with van der Waals surface area (Å²) in [5.74, 6) is -1.19. The molecule has 12 heteroatoms. The number of ether oxygens (including phenoxy) is 2. The highest BCUT2D eigenvalue weighted by atomic mass is 35.5. The Hall–Kier alpha value is -4.51. The molecule has 0 aliphatic carbocycles. The maximum atomic E-state index is 13.0. The number of hydrazone groups is 1. The smallest absolute Gasteiger partial charge is 0.271 e. The molecule has 0 aliphatic rings. The summed E-state index contributed by atoms with van der Waals surface area (Å²) in [5, 5.41) is 17.4. The lowest BCUT2D eigenvalue weighted by Crippen LogP contribution is -2.20. The van der Waals surface area contributed by atoms with Gasteiger partial charge in [0.05, 0.1) is 22.8 Å². The third-order valence-corrected chi connectivity index (χ3v) is 4.79. The number of nitrogens with zero attached hydrogens (tertiary/aromatic N) is 2. The normalized spacial score (nSPS) is 10.6. The van der Waals surface area contributed by atoms with Gasteiger partial charge in [0.25, 0.3) is 17.5 Å². The molecule has 0 radical (unpaired) electrons. The minimum absolute atomic E-state index is 0.0667. The van der Waals surface area contributed by atoms with E-state index in [1.165, 1.54) is 54.7 Å². The van der Waals surface area contributed by atoms with E-state index in [-0.39, 0.29) is 41.0 Å². The van der Waals surface area contributed by atoms with E-state index in [0.717, 1.165) is 6.07 Å². The van der Waals surface area contributed by atoms with E-state index in [0.29, 0.717) is 11.3 Å². The molecule has 2 amide bonds. The van der Waals surface area contributed by atoms with Gasteiger partial charge in [-0.25, -0.2) is 9.82 Å². The van der Waals surface area contributed by atoms with Crippen molar-refractivity contribution in [3.63, 3.8) is 0 Å². The van der Waals surface area contributed by atoms with E-state index >= 15 is 0 Å². The summed E-state index contributed by atoms with van der Waals surface area (Å²) in [7, 11) is 0. The molecular weight excluding hydrogens is 495 g/mol. The molecule has 3 aromatic carbocycles. The number of hydrogen-bond donors (Lipinski definition) is 2. The van der Waals surface area contributed by atoms with Crippen molar-refractivity contribution in [3.05, 3.63) is 92.7 Å². The molecule has 0 aliphatic heterocycles. The minimum Gasteiger partial charge on any atom is -0.490 e. The fourth-order valence-electron chi connectivity index (χ4n) is 2.92. The number of benzene rings is 3. The van der Waals surface area contributed by atoms with Gasteiger partial charge in [0, 0.05) is 23.4 Å². The second-order valence-electron chi connectivity index (χ2n) is 7.11. The predicted molar refractivity (Wildman–Crippen MR) is 131 cm³/mol. The monoisotopic (exact) mass is 514 g/mol. The summed E-state index contributed by atoms with van der Waals surface area (Å²) in [6.45, 7) is 1.64. The zero-order valence-corrected chi connectivity index (χ0v) is 19.6. The molecule has 0 spiro atoms. The number of halogens is 2. The van der Waals surface area contributed by atoms with E-state index in [1.807, 2.05) is 0 Å². The van der Waals surface area contributed by atoms with Crippen molar-refractivity contribution in [2.24, 2.45) is 5.10 Å². The average molecular weight is 515 g/mol. The Morgan fingerprint density at radius 1 is 1.14 bits per heavy atom. The number of non-ortho nitro benzene ring substituents is 1. The van der Waals surface area contributed by atoms with Crippen LogP contribution in [0.4, 0.5) is 15.8 Å². The third kappa shape index (κ3) is 7.24. The van der Waals surface area contributed by atoms with Gasteiger partial charge in [0.15, 0.2) is 18.1 Å². The summed E-state index contributed by atoms with van der Waals surface area (Å²) in [4.78, 5) is 34.7. The van der Waals surface area contributed by atoms with Crippen LogP contribution >= 0.6 is 11.6 Å². The van der Waals surface area contributed by atoms with Gasteiger partial charge in [-0.2, -0.15) is 5.10 Å². The van der Waals surface area contributed by atoms with Crippen LogP contribution in [-0.4, -0.2) is 36.2 Å². The molecule has 0 fully saturated rings. The van der Waals surface area contributed by atoms with Gasteiger partial charge in [-0.1, -0.05) is 17.7 Å². The topological polar surface area (TPSA) is 132 Å². The first-order chi connectivity index (χ1) is 17.3. The van der Waals surface area contributed by atoms with E-state index in [4.69, 9.17) is 21.1 Å². The van der Waals surface area contributed by atoms with Crippen molar-refractivity contribution in [1.82, 2.24) is 5.43 Å². The van der Waals surface area contributed by atoms with Crippen LogP contribution in [0.15, 0.2) is 65.8 Å². The van der Waals surface area contributed by atoms with E-state index in [2.05, 4.69) is 15.8 Å². The SMILES string of the molecule is CCOc1cc(/C=N/NC(=O)c2cccc([N+](=O)[O-])c2)cc(Cl)c1OCC(=O)Nc1ccc(F)cc1. The zero-order valence-electron chi connectivity index (χ0n) is 18.9. The summed E-state index contributed by atoms with van der Waals surface area (Å²) < 4.78 is 24.1. The van der Waals surface area contributed by atoms with Crippen molar-refractivity contribution in [2.45, 2.75) is 6.92 Å². The Labute approximate surface area is 209 Å². The van der Waals surface area contributed by atoms with Crippen LogP contribution in [-0.2, 0) is 4.79 Å². The van der Waals surface area contributed by atoms with Crippen molar-refractivity contribution < 1.29 is 28.4 Å². The molecule has 0 aromatic heterocycles. The van der Waals surface area contributed by atoms with Crippen molar-refractivity contribution in [3.8, 4) is 11.5 Å². The Bertz CT molecular complexity index is 1300.